The zero-order valence-electron chi connectivity index (χ0n) is 14.3. The van der Waals surface area contributed by atoms with Crippen LogP contribution in [0.3, 0.4) is 0 Å². The summed E-state index contributed by atoms with van der Waals surface area (Å²) < 4.78 is 13.4. The van der Waals surface area contributed by atoms with Crippen molar-refractivity contribution in [2.75, 3.05) is 0 Å². The van der Waals surface area contributed by atoms with Gasteiger partial charge in [-0.3, -0.25) is 0 Å². The van der Waals surface area contributed by atoms with Gasteiger partial charge in [0.1, 0.15) is 11.5 Å². The summed E-state index contributed by atoms with van der Waals surface area (Å²) in [6.45, 7) is 1.97. The van der Waals surface area contributed by atoms with E-state index in [4.69, 9.17) is 9.97 Å². The van der Waals surface area contributed by atoms with Crippen molar-refractivity contribution in [3.63, 3.8) is 0 Å². The Kier molecular flexibility index (Phi) is 4.26. The van der Waals surface area contributed by atoms with Crippen molar-refractivity contribution in [3.8, 4) is 22.8 Å². The molecule has 0 N–H and O–H groups in total. The standard InChI is InChI=1S/C21H20FN3/c1-14-6-5-9-19(23-14)21-24-18-8-4-2-3-7-17(18)20(25-21)15-10-12-16(22)13-11-15/h5-6,9-13H,2-4,7-8H2,1H3. The van der Waals surface area contributed by atoms with E-state index in [0.29, 0.717) is 5.82 Å². The highest BCUT2D eigenvalue weighted by Crippen LogP contribution is 2.31. The van der Waals surface area contributed by atoms with Crippen LogP contribution in [0, 0.1) is 12.7 Å². The summed E-state index contributed by atoms with van der Waals surface area (Å²) in [4.78, 5) is 14.3. The highest BCUT2D eigenvalue weighted by molar-refractivity contribution is 5.67. The first-order chi connectivity index (χ1) is 12.2. The molecule has 0 unspecified atom stereocenters. The summed E-state index contributed by atoms with van der Waals surface area (Å²) in [6.07, 6.45) is 5.44. The van der Waals surface area contributed by atoms with Gasteiger partial charge in [0.2, 0.25) is 0 Å². The molecular weight excluding hydrogens is 313 g/mol. The predicted octanol–water partition coefficient (Wildman–Crippen LogP) is 4.92. The monoisotopic (exact) mass is 333 g/mol. The molecule has 1 aromatic carbocycles. The van der Waals surface area contributed by atoms with Crippen molar-refractivity contribution >= 4 is 0 Å². The van der Waals surface area contributed by atoms with Crippen molar-refractivity contribution in [1.82, 2.24) is 15.0 Å². The van der Waals surface area contributed by atoms with E-state index in [2.05, 4.69) is 4.98 Å². The summed E-state index contributed by atoms with van der Waals surface area (Å²) >= 11 is 0. The highest BCUT2D eigenvalue weighted by atomic mass is 19.1. The van der Waals surface area contributed by atoms with E-state index in [1.54, 1.807) is 12.1 Å². The van der Waals surface area contributed by atoms with Gasteiger partial charge in [-0.05, 0) is 69.0 Å². The number of hydrogen-bond donors (Lipinski definition) is 0. The topological polar surface area (TPSA) is 38.7 Å². The van der Waals surface area contributed by atoms with Gasteiger partial charge in [-0.1, -0.05) is 12.5 Å². The van der Waals surface area contributed by atoms with Crippen LogP contribution in [0.4, 0.5) is 4.39 Å². The predicted molar refractivity (Wildman–Crippen MR) is 96.7 cm³/mol. The molecule has 0 fully saturated rings. The van der Waals surface area contributed by atoms with Gasteiger partial charge in [0.15, 0.2) is 5.82 Å². The summed E-state index contributed by atoms with van der Waals surface area (Å²) in [5, 5.41) is 0. The molecule has 0 saturated carbocycles. The fraction of sp³-hybridized carbons (Fsp3) is 0.286. The smallest absolute Gasteiger partial charge is 0.178 e. The molecule has 126 valence electrons. The third-order valence-electron chi connectivity index (χ3n) is 4.67. The van der Waals surface area contributed by atoms with Crippen LogP contribution < -0.4 is 0 Å². The first kappa shape index (κ1) is 15.9. The van der Waals surface area contributed by atoms with Crippen molar-refractivity contribution in [2.24, 2.45) is 0 Å². The number of hydrogen-bond acceptors (Lipinski definition) is 3. The van der Waals surface area contributed by atoms with Crippen molar-refractivity contribution < 1.29 is 4.39 Å². The molecule has 4 rings (SSSR count). The Morgan fingerprint density at radius 1 is 0.840 bits per heavy atom. The third-order valence-corrected chi connectivity index (χ3v) is 4.67. The molecule has 1 aliphatic carbocycles. The molecule has 0 saturated heterocycles. The van der Waals surface area contributed by atoms with Crippen molar-refractivity contribution in [2.45, 2.75) is 39.0 Å². The Balaban J connectivity index is 1.91. The lowest BCUT2D eigenvalue weighted by Gasteiger charge is -2.14. The zero-order valence-corrected chi connectivity index (χ0v) is 14.3. The van der Waals surface area contributed by atoms with Crippen LogP contribution in [-0.4, -0.2) is 15.0 Å². The summed E-state index contributed by atoms with van der Waals surface area (Å²) in [5.74, 6) is 0.424. The maximum absolute atomic E-state index is 13.4. The molecule has 3 aromatic rings. The van der Waals surface area contributed by atoms with Crippen LogP contribution in [0.5, 0.6) is 0 Å². The molecule has 3 nitrogen and oxygen atoms in total. The molecular formula is C21H20FN3. The van der Waals surface area contributed by atoms with E-state index in [-0.39, 0.29) is 5.82 Å². The molecule has 0 amide bonds. The summed E-state index contributed by atoms with van der Waals surface area (Å²) in [6, 6.07) is 12.5. The fourth-order valence-corrected chi connectivity index (χ4v) is 3.40. The number of halogens is 1. The Bertz CT molecular complexity index is 904. The van der Waals surface area contributed by atoms with Gasteiger partial charge < -0.3 is 0 Å². The van der Waals surface area contributed by atoms with E-state index in [1.807, 2.05) is 25.1 Å². The highest BCUT2D eigenvalue weighted by Gasteiger charge is 2.19. The minimum atomic E-state index is -0.232. The third kappa shape index (κ3) is 3.29. The van der Waals surface area contributed by atoms with E-state index >= 15 is 0 Å². The van der Waals surface area contributed by atoms with Gasteiger partial charge >= 0.3 is 0 Å². The van der Waals surface area contributed by atoms with Gasteiger partial charge in [0.05, 0.1) is 5.69 Å². The largest absolute Gasteiger partial charge is 0.250 e. The molecule has 0 spiro atoms. The Labute approximate surface area is 147 Å². The molecule has 25 heavy (non-hydrogen) atoms. The number of aryl methyl sites for hydroxylation is 2. The number of aromatic nitrogens is 3. The van der Waals surface area contributed by atoms with Crippen molar-refractivity contribution in [1.29, 1.82) is 0 Å². The van der Waals surface area contributed by atoms with E-state index in [9.17, 15) is 4.39 Å². The lowest BCUT2D eigenvalue weighted by atomic mass is 10.0. The van der Waals surface area contributed by atoms with Crippen molar-refractivity contribution in [3.05, 3.63) is 65.2 Å². The van der Waals surface area contributed by atoms with Gasteiger partial charge in [-0.15, -0.1) is 0 Å². The van der Waals surface area contributed by atoms with Gasteiger partial charge in [0, 0.05) is 22.5 Å². The molecule has 4 heteroatoms. The first-order valence-electron chi connectivity index (χ1n) is 8.80. The minimum absolute atomic E-state index is 0.232. The average molecular weight is 333 g/mol. The maximum atomic E-state index is 13.4. The zero-order chi connectivity index (χ0) is 17.2. The van der Waals surface area contributed by atoms with Crippen LogP contribution in [0.1, 0.15) is 36.2 Å². The summed E-state index contributed by atoms with van der Waals surface area (Å²) in [7, 11) is 0. The fourth-order valence-electron chi connectivity index (χ4n) is 3.40. The van der Waals surface area contributed by atoms with Gasteiger partial charge in [0.25, 0.3) is 0 Å². The number of benzene rings is 1. The Hall–Kier alpha value is -2.62. The molecule has 0 bridgehead atoms. The number of pyridine rings is 1. The quantitative estimate of drug-likeness (QED) is 0.625. The Morgan fingerprint density at radius 3 is 2.44 bits per heavy atom. The van der Waals surface area contributed by atoms with Crippen LogP contribution in [0.2, 0.25) is 0 Å². The van der Waals surface area contributed by atoms with E-state index in [0.717, 1.165) is 54.0 Å². The molecule has 2 aromatic heterocycles. The van der Waals surface area contributed by atoms with Crippen LogP contribution in [0.25, 0.3) is 22.8 Å². The lowest BCUT2D eigenvalue weighted by Crippen LogP contribution is -2.05. The van der Waals surface area contributed by atoms with Gasteiger partial charge in [-0.2, -0.15) is 0 Å². The van der Waals surface area contributed by atoms with Crippen LogP contribution in [0.15, 0.2) is 42.5 Å². The summed E-state index contributed by atoms with van der Waals surface area (Å²) in [5.41, 5.74) is 5.92. The second kappa shape index (κ2) is 6.71. The normalized spacial score (nSPS) is 14.0. The van der Waals surface area contributed by atoms with Gasteiger partial charge in [-0.25, -0.2) is 19.3 Å². The number of rotatable bonds is 2. The second-order valence-electron chi connectivity index (χ2n) is 6.55. The molecule has 2 heterocycles. The Morgan fingerprint density at radius 2 is 1.64 bits per heavy atom. The molecule has 0 atom stereocenters. The molecule has 0 radical (unpaired) electrons. The lowest BCUT2D eigenvalue weighted by molar-refractivity contribution is 0.628. The second-order valence-corrected chi connectivity index (χ2v) is 6.55. The average Bonchev–Trinajstić information content (AvgIpc) is 2.87. The van der Waals surface area contributed by atoms with Crippen LogP contribution >= 0.6 is 0 Å². The SMILES string of the molecule is Cc1cccc(-c2nc3c(c(-c4ccc(F)cc4)n2)CCCCC3)n1. The molecule has 0 aliphatic heterocycles. The van der Waals surface area contributed by atoms with E-state index < -0.39 is 0 Å². The maximum Gasteiger partial charge on any atom is 0.178 e. The number of nitrogens with zero attached hydrogens (tertiary/aromatic N) is 3. The number of fused-ring (bicyclic) bond motifs is 1. The molecule has 1 aliphatic rings. The van der Waals surface area contributed by atoms with Crippen LogP contribution in [-0.2, 0) is 12.8 Å². The van der Waals surface area contributed by atoms with E-state index in [1.165, 1.54) is 24.1 Å². The minimum Gasteiger partial charge on any atom is -0.250 e. The first-order valence-corrected chi connectivity index (χ1v) is 8.80.